The maximum absolute atomic E-state index is 13.0. The number of ether oxygens (including phenoxy) is 3. The van der Waals surface area contributed by atoms with E-state index in [0.29, 0.717) is 12.1 Å². The Labute approximate surface area is 166 Å². The second-order valence-electron chi connectivity index (χ2n) is 7.85. The molecule has 0 aromatic heterocycles. The zero-order chi connectivity index (χ0) is 18.4. The number of piperidine rings is 1. The van der Waals surface area contributed by atoms with E-state index in [9.17, 15) is 4.79 Å². The van der Waals surface area contributed by atoms with E-state index in [0.717, 1.165) is 19.4 Å². The molecule has 6 heteroatoms. The summed E-state index contributed by atoms with van der Waals surface area (Å²) in [4.78, 5) is 15.5. The third-order valence-electron chi connectivity index (χ3n) is 6.45. The summed E-state index contributed by atoms with van der Waals surface area (Å²) >= 11 is 0.0440. The first-order valence-electron chi connectivity index (χ1n) is 9.72. The summed E-state index contributed by atoms with van der Waals surface area (Å²) in [5.41, 5.74) is -0.540. The minimum atomic E-state index is -0.540. The molecule has 2 bridgehead atoms. The Hall–Kier alpha value is -1.17. The molecule has 3 saturated heterocycles. The second-order valence-corrected chi connectivity index (χ2v) is 10.4. The molecule has 0 N–H and O–H groups in total. The zero-order valence-corrected chi connectivity index (χ0v) is 17.2. The van der Waals surface area contributed by atoms with E-state index in [1.165, 1.54) is 10.9 Å². The van der Waals surface area contributed by atoms with Crippen LogP contribution in [-0.2, 0) is 19.0 Å². The van der Waals surface area contributed by atoms with Crippen molar-refractivity contribution >= 4 is 25.4 Å². The van der Waals surface area contributed by atoms with Gasteiger partial charge in [0.25, 0.3) is 0 Å². The normalized spacial score (nSPS) is 39.9. The SMILES string of the molecule is COCOC1C2CCCN2C2C=CC3[C@H]([Se]c4ccccc4)C(=O)OC13C2. The van der Waals surface area contributed by atoms with Gasteiger partial charge in [0.05, 0.1) is 0 Å². The Balaban J connectivity index is 1.50. The van der Waals surface area contributed by atoms with Crippen LogP contribution in [0.3, 0.4) is 0 Å². The molecule has 1 spiro atoms. The summed E-state index contributed by atoms with van der Waals surface area (Å²) in [7, 11) is 1.65. The van der Waals surface area contributed by atoms with Crippen LogP contribution >= 0.6 is 0 Å². The van der Waals surface area contributed by atoms with Gasteiger partial charge in [0.15, 0.2) is 0 Å². The first-order chi connectivity index (χ1) is 13.2. The molecule has 0 amide bonds. The van der Waals surface area contributed by atoms with Gasteiger partial charge in [-0.1, -0.05) is 0 Å². The third kappa shape index (κ3) is 2.81. The average molecular weight is 434 g/mol. The van der Waals surface area contributed by atoms with Gasteiger partial charge in [-0.15, -0.1) is 0 Å². The molecule has 1 aromatic rings. The number of benzene rings is 1. The summed E-state index contributed by atoms with van der Waals surface area (Å²) in [5, 5.41) is 0. The molecule has 0 saturated carbocycles. The molecule has 3 fully saturated rings. The molecule has 5 rings (SSSR count). The van der Waals surface area contributed by atoms with Gasteiger partial charge in [-0.05, 0) is 0 Å². The van der Waals surface area contributed by atoms with Crippen LogP contribution < -0.4 is 4.46 Å². The number of methoxy groups -OCH3 is 1. The number of rotatable bonds is 5. The average Bonchev–Trinajstić information content (AvgIpc) is 3.26. The molecule has 4 aliphatic rings. The van der Waals surface area contributed by atoms with E-state index >= 15 is 0 Å². The molecule has 5 unspecified atom stereocenters. The van der Waals surface area contributed by atoms with Crippen LogP contribution in [0.1, 0.15) is 19.3 Å². The molecule has 3 aliphatic heterocycles. The fourth-order valence-electron chi connectivity index (χ4n) is 5.43. The topological polar surface area (TPSA) is 48.0 Å². The van der Waals surface area contributed by atoms with Crippen LogP contribution in [0.4, 0.5) is 0 Å². The zero-order valence-electron chi connectivity index (χ0n) is 15.5. The number of fused-ring (bicyclic) bond motifs is 3. The summed E-state index contributed by atoms with van der Waals surface area (Å²) < 4.78 is 18.9. The molecule has 6 atom stereocenters. The fourth-order valence-corrected chi connectivity index (χ4v) is 7.99. The number of esters is 1. The summed E-state index contributed by atoms with van der Waals surface area (Å²) in [5.74, 6) is 0.0395. The Kier molecular flexibility index (Phi) is 4.65. The molecule has 27 heavy (non-hydrogen) atoms. The fraction of sp³-hybridized carbons (Fsp3) is 0.571. The molecule has 1 aliphatic carbocycles. The molecule has 1 aromatic carbocycles. The number of hydrogen-bond donors (Lipinski definition) is 0. The monoisotopic (exact) mass is 435 g/mol. The standard InChI is InChI=1S/C21H25NO4Se/c1-24-13-25-19-17-8-5-11-22(17)14-9-10-16-18(20(23)26-21(16,19)12-14)27-15-6-3-2-4-7-15/h2-4,6-7,9-10,14,16-19H,5,8,11-13H2,1H3/t14?,16?,17?,18-,19?,21?/m0/s1. The van der Waals surface area contributed by atoms with Crippen molar-refractivity contribution in [1.82, 2.24) is 4.90 Å². The van der Waals surface area contributed by atoms with Gasteiger partial charge < -0.3 is 0 Å². The molecule has 144 valence electrons. The van der Waals surface area contributed by atoms with Crippen LogP contribution in [0.5, 0.6) is 0 Å². The Morgan fingerprint density at radius 2 is 2.15 bits per heavy atom. The molecular weight excluding hydrogens is 409 g/mol. The van der Waals surface area contributed by atoms with Crippen molar-refractivity contribution in [3.05, 3.63) is 42.5 Å². The van der Waals surface area contributed by atoms with Gasteiger partial charge in [0, 0.05) is 0 Å². The van der Waals surface area contributed by atoms with E-state index in [1.807, 2.05) is 18.2 Å². The summed E-state index contributed by atoms with van der Waals surface area (Å²) in [6, 6.07) is 11.0. The number of nitrogens with zero attached hydrogens (tertiary/aromatic N) is 1. The van der Waals surface area contributed by atoms with Gasteiger partial charge in [0.2, 0.25) is 0 Å². The molecule has 3 heterocycles. The Morgan fingerprint density at radius 3 is 2.96 bits per heavy atom. The second kappa shape index (κ2) is 7.02. The number of carbonyl (C=O) groups excluding carboxylic acids is 1. The molecular formula is C21H25NO4Se. The van der Waals surface area contributed by atoms with E-state index in [2.05, 4.69) is 29.2 Å². The van der Waals surface area contributed by atoms with E-state index < -0.39 is 5.60 Å². The number of carbonyl (C=O) groups is 1. The van der Waals surface area contributed by atoms with Crippen molar-refractivity contribution in [3.63, 3.8) is 0 Å². The van der Waals surface area contributed by atoms with Crippen LogP contribution in [0.25, 0.3) is 0 Å². The van der Waals surface area contributed by atoms with Crippen molar-refractivity contribution < 1.29 is 19.0 Å². The van der Waals surface area contributed by atoms with Crippen LogP contribution in [0.15, 0.2) is 42.5 Å². The third-order valence-corrected chi connectivity index (χ3v) is 9.15. The first-order valence-corrected chi connectivity index (χ1v) is 11.6. The molecule has 0 radical (unpaired) electrons. The van der Waals surface area contributed by atoms with Crippen molar-refractivity contribution in [2.45, 2.75) is 47.9 Å². The van der Waals surface area contributed by atoms with E-state index in [1.54, 1.807) is 7.11 Å². The predicted molar refractivity (Wildman–Crippen MR) is 102 cm³/mol. The predicted octanol–water partition coefficient (Wildman–Crippen LogP) is 1.51. The number of hydrogen-bond acceptors (Lipinski definition) is 5. The maximum atomic E-state index is 13.0. The van der Waals surface area contributed by atoms with E-state index in [-0.39, 0.29) is 44.6 Å². The minimum absolute atomic E-state index is 0.0440. The van der Waals surface area contributed by atoms with Gasteiger partial charge >= 0.3 is 166 Å². The van der Waals surface area contributed by atoms with Crippen molar-refractivity contribution in [1.29, 1.82) is 0 Å². The summed E-state index contributed by atoms with van der Waals surface area (Å²) in [6.45, 7) is 1.34. The van der Waals surface area contributed by atoms with Gasteiger partial charge in [0.1, 0.15) is 0 Å². The van der Waals surface area contributed by atoms with Crippen molar-refractivity contribution in [3.8, 4) is 0 Å². The van der Waals surface area contributed by atoms with Crippen LogP contribution in [-0.4, -0.2) is 70.1 Å². The van der Waals surface area contributed by atoms with Crippen LogP contribution in [0.2, 0.25) is 4.82 Å². The Bertz CT molecular complexity index is 741. The van der Waals surface area contributed by atoms with Gasteiger partial charge in [-0.25, -0.2) is 0 Å². The quantitative estimate of drug-likeness (QED) is 0.304. The van der Waals surface area contributed by atoms with E-state index in [4.69, 9.17) is 14.2 Å². The van der Waals surface area contributed by atoms with Crippen molar-refractivity contribution in [2.75, 3.05) is 20.4 Å². The first kappa shape index (κ1) is 17.9. The van der Waals surface area contributed by atoms with Crippen LogP contribution in [0, 0.1) is 5.92 Å². The Morgan fingerprint density at radius 1 is 1.30 bits per heavy atom. The van der Waals surface area contributed by atoms with Gasteiger partial charge in [-0.2, -0.15) is 0 Å². The molecule has 5 nitrogen and oxygen atoms in total. The van der Waals surface area contributed by atoms with Crippen molar-refractivity contribution in [2.24, 2.45) is 5.92 Å². The van der Waals surface area contributed by atoms with Gasteiger partial charge in [-0.3, -0.25) is 0 Å². The summed E-state index contributed by atoms with van der Waals surface area (Å²) in [6.07, 6.45) is 7.57.